The fourth-order valence-electron chi connectivity index (χ4n) is 2.42. The standard InChI is InChI=1S/C14H9ClF3N3O2/c15-9-6-11(23-14(16,17)18)8(7-19)12-10-2-3-20-21(10)4-1-5-22-13(9)12/h2-3,6H,1,4-5H2. The van der Waals surface area contributed by atoms with Gasteiger partial charge in [0, 0.05) is 25.2 Å². The molecule has 0 fully saturated rings. The zero-order chi connectivity index (χ0) is 16.6. The van der Waals surface area contributed by atoms with Gasteiger partial charge in [0.2, 0.25) is 0 Å². The molecule has 23 heavy (non-hydrogen) atoms. The van der Waals surface area contributed by atoms with Crippen molar-refractivity contribution in [2.24, 2.45) is 0 Å². The maximum Gasteiger partial charge on any atom is 0.573 e. The molecule has 0 atom stereocenters. The van der Waals surface area contributed by atoms with Crippen LogP contribution in [0.2, 0.25) is 5.02 Å². The van der Waals surface area contributed by atoms with Crippen LogP contribution in [0.4, 0.5) is 13.2 Å². The predicted molar refractivity (Wildman–Crippen MR) is 74.2 cm³/mol. The van der Waals surface area contributed by atoms with Crippen LogP contribution in [0.25, 0.3) is 11.3 Å². The largest absolute Gasteiger partial charge is 0.573 e. The number of benzene rings is 1. The zero-order valence-electron chi connectivity index (χ0n) is 11.5. The molecule has 0 saturated heterocycles. The average Bonchev–Trinajstić information content (AvgIpc) is 2.87. The Morgan fingerprint density at radius 2 is 2.22 bits per heavy atom. The lowest BCUT2D eigenvalue weighted by atomic mass is 10.0. The molecule has 1 aliphatic heterocycles. The van der Waals surface area contributed by atoms with Crippen molar-refractivity contribution in [3.8, 4) is 28.8 Å². The first kappa shape index (κ1) is 15.5. The molecular weight excluding hydrogens is 335 g/mol. The summed E-state index contributed by atoms with van der Waals surface area (Å²) < 4.78 is 48.8. The number of halogens is 4. The summed E-state index contributed by atoms with van der Waals surface area (Å²) in [5.74, 6) is -0.514. The Labute approximate surface area is 133 Å². The van der Waals surface area contributed by atoms with Crippen molar-refractivity contribution in [3.63, 3.8) is 0 Å². The van der Waals surface area contributed by atoms with E-state index in [0.717, 1.165) is 6.07 Å². The van der Waals surface area contributed by atoms with Gasteiger partial charge < -0.3 is 9.47 Å². The Kier molecular flexibility index (Phi) is 3.82. The normalized spacial score (nSPS) is 13.9. The van der Waals surface area contributed by atoms with Gasteiger partial charge in [-0.25, -0.2) is 0 Å². The molecule has 1 aromatic heterocycles. The minimum atomic E-state index is -4.94. The fourth-order valence-corrected chi connectivity index (χ4v) is 2.67. The number of nitriles is 1. The molecule has 120 valence electrons. The highest BCUT2D eigenvalue weighted by molar-refractivity contribution is 6.33. The van der Waals surface area contributed by atoms with Crippen molar-refractivity contribution in [1.82, 2.24) is 9.78 Å². The highest BCUT2D eigenvalue weighted by atomic mass is 35.5. The van der Waals surface area contributed by atoms with Gasteiger partial charge in [-0.1, -0.05) is 11.6 Å². The summed E-state index contributed by atoms with van der Waals surface area (Å²) >= 11 is 6.05. The van der Waals surface area contributed by atoms with E-state index in [4.69, 9.17) is 16.3 Å². The van der Waals surface area contributed by atoms with Crippen molar-refractivity contribution >= 4 is 11.6 Å². The third-order valence-corrected chi connectivity index (χ3v) is 3.55. The minimum absolute atomic E-state index is 0.0621. The summed E-state index contributed by atoms with van der Waals surface area (Å²) in [6, 6.07) is 4.27. The van der Waals surface area contributed by atoms with Crippen LogP contribution in [-0.4, -0.2) is 22.7 Å². The Bertz CT molecular complexity index is 796. The molecule has 0 unspecified atom stereocenters. The molecule has 0 aliphatic carbocycles. The highest BCUT2D eigenvalue weighted by Crippen LogP contribution is 2.45. The lowest BCUT2D eigenvalue weighted by Gasteiger charge is -2.21. The molecule has 0 bridgehead atoms. The van der Waals surface area contributed by atoms with E-state index in [1.165, 1.54) is 6.20 Å². The van der Waals surface area contributed by atoms with Gasteiger partial charge in [0.25, 0.3) is 0 Å². The third-order valence-electron chi connectivity index (χ3n) is 3.27. The third kappa shape index (κ3) is 2.92. The molecule has 2 aromatic rings. The van der Waals surface area contributed by atoms with E-state index >= 15 is 0 Å². The second kappa shape index (κ2) is 5.66. The number of rotatable bonds is 1. The lowest BCUT2D eigenvalue weighted by Crippen LogP contribution is -2.19. The van der Waals surface area contributed by atoms with Crippen LogP contribution in [0.15, 0.2) is 18.3 Å². The first-order valence-electron chi connectivity index (χ1n) is 6.58. The molecule has 3 rings (SSSR count). The van der Waals surface area contributed by atoms with Crippen LogP contribution in [0.3, 0.4) is 0 Å². The summed E-state index contributed by atoms with van der Waals surface area (Å²) in [6.07, 6.45) is -2.80. The average molecular weight is 344 g/mol. The van der Waals surface area contributed by atoms with E-state index in [-0.39, 0.29) is 21.9 Å². The molecule has 1 aromatic carbocycles. The maximum atomic E-state index is 12.6. The maximum absolute atomic E-state index is 12.6. The van der Waals surface area contributed by atoms with Gasteiger partial charge >= 0.3 is 6.36 Å². The van der Waals surface area contributed by atoms with E-state index in [2.05, 4.69) is 9.84 Å². The summed E-state index contributed by atoms with van der Waals surface area (Å²) in [5, 5.41) is 13.4. The number of ether oxygens (including phenoxy) is 2. The van der Waals surface area contributed by atoms with Crippen molar-refractivity contribution in [3.05, 3.63) is 28.9 Å². The van der Waals surface area contributed by atoms with Crippen LogP contribution in [0.1, 0.15) is 12.0 Å². The Balaban J connectivity index is 2.29. The number of aryl methyl sites for hydroxylation is 1. The van der Waals surface area contributed by atoms with E-state index < -0.39 is 12.1 Å². The predicted octanol–water partition coefficient (Wildman–Crippen LogP) is 3.76. The fraction of sp³-hybridized carbons (Fsp3) is 0.286. The van der Waals surface area contributed by atoms with Crippen molar-refractivity contribution < 1.29 is 22.6 Å². The minimum Gasteiger partial charge on any atom is -0.491 e. The Morgan fingerprint density at radius 3 is 2.91 bits per heavy atom. The van der Waals surface area contributed by atoms with Crippen molar-refractivity contribution in [1.29, 1.82) is 5.26 Å². The van der Waals surface area contributed by atoms with Gasteiger partial charge in [-0.15, -0.1) is 13.2 Å². The summed E-state index contributed by atoms with van der Waals surface area (Å²) in [7, 11) is 0. The van der Waals surface area contributed by atoms with Gasteiger partial charge in [0.15, 0.2) is 0 Å². The molecule has 0 N–H and O–H groups in total. The lowest BCUT2D eigenvalue weighted by molar-refractivity contribution is -0.274. The van der Waals surface area contributed by atoms with Gasteiger partial charge in [0.1, 0.15) is 23.1 Å². The second-order valence-electron chi connectivity index (χ2n) is 4.74. The Hall–Kier alpha value is -2.40. The number of hydrogen-bond acceptors (Lipinski definition) is 4. The number of nitrogens with zero attached hydrogens (tertiary/aromatic N) is 3. The van der Waals surface area contributed by atoms with Crippen LogP contribution in [0, 0.1) is 11.3 Å². The topological polar surface area (TPSA) is 60.1 Å². The van der Waals surface area contributed by atoms with E-state index in [9.17, 15) is 18.4 Å². The molecular formula is C14H9ClF3N3O2. The molecule has 0 amide bonds. The Morgan fingerprint density at radius 1 is 1.43 bits per heavy atom. The first-order valence-corrected chi connectivity index (χ1v) is 6.96. The van der Waals surface area contributed by atoms with Crippen LogP contribution >= 0.6 is 11.6 Å². The second-order valence-corrected chi connectivity index (χ2v) is 5.14. The molecule has 9 heteroatoms. The number of alkyl halides is 3. The highest BCUT2D eigenvalue weighted by Gasteiger charge is 2.34. The smallest absolute Gasteiger partial charge is 0.491 e. The number of aromatic nitrogens is 2. The summed E-state index contributed by atoms with van der Waals surface area (Å²) in [4.78, 5) is 0. The molecule has 5 nitrogen and oxygen atoms in total. The zero-order valence-corrected chi connectivity index (χ0v) is 12.3. The van der Waals surface area contributed by atoms with E-state index in [1.54, 1.807) is 16.8 Å². The van der Waals surface area contributed by atoms with Crippen LogP contribution in [-0.2, 0) is 6.54 Å². The van der Waals surface area contributed by atoms with Gasteiger partial charge in [-0.2, -0.15) is 10.4 Å². The number of fused-ring (bicyclic) bond motifs is 3. The first-order chi connectivity index (χ1) is 10.9. The van der Waals surface area contributed by atoms with Gasteiger partial charge in [-0.3, -0.25) is 4.68 Å². The SMILES string of the molecule is N#Cc1c(OC(F)(F)F)cc(Cl)c2c1-c1ccnn1CCCO2. The quantitative estimate of drug-likeness (QED) is 0.791. The molecule has 0 spiro atoms. The van der Waals surface area contributed by atoms with E-state index in [1.807, 2.05) is 0 Å². The summed E-state index contributed by atoms with van der Waals surface area (Å²) in [5.41, 5.74) is 0.299. The van der Waals surface area contributed by atoms with Crippen LogP contribution < -0.4 is 9.47 Å². The molecule has 1 aliphatic rings. The molecule has 0 saturated carbocycles. The number of hydrogen-bond donors (Lipinski definition) is 0. The monoisotopic (exact) mass is 343 g/mol. The van der Waals surface area contributed by atoms with E-state index in [0.29, 0.717) is 25.3 Å². The molecule has 0 radical (unpaired) electrons. The van der Waals surface area contributed by atoms with Gasteiger partial charge in [-0.05, 0) is 6.07 Å². The van der Waals surface area contributed by atoms with Crippen molar-refractivity contribution in [2.75, 3.05) is 6.61 Å². The summed E-state index contributed by atoms with van der Waals surface area (Å²) in [6.45, 7) is 0.810. The van der Waals surface area contributed by atoms with Gasteiger partial charge in [0.05, 0.1) is 22.9 Å². The molecule has 2 heterocycles. The van der Waals surface area contributed by atoms with Crippen molar-refractivity contribution in [2.45, 2.75) is 19.3 Å². The van der Waals surface area contributed by atoms with Crippen LogP contribution in [0.5, 0.6) is 11.5 Å².